The van der Waals surface area contributed by atoms with Crippen molar-refractivity contribution >= 4 is 27.7 Å². The van der Waals surface area contributed by atoms with Crippen LogP contribution in [-0.4, -0.2) is 75.2 Å². The van der Waals surface area contributed by atoms with Gasteiger partial charge < -0.3 is 24.8 Å². The number of hydrogen-bond donors (Lipinski definition) is 2. The van der Waals surface area contributed by atoms with E-state index in [1.54, 1.807) is 13.8 Å². The lowest BCUT2D eigenvalue weighted by atomic mass is 10.0. The minimum absolute atomic E-state index is 0.0870. The Bertz CT molecular complexity index is 1080. The number of sulfonamides is 1. The van der Waals surface area contributed by atoms with Gasteiger partial charge in [0, 0.05) is 19.2 Å². The molecular weight excluding hydrogens is 460 g/mol. The van der Waals surface area contributed by atoms with Crippen LogP contribution in [0.1, 0.15) is 13.8 Å². The number of rotatable bonds is 8. The number of carbonyl (C=O) groups is 2. The third-order valence-electron chi connectivity index (χ3n) is 4.97. The molecular formula is C19H24N4O9S. The Balaban J connectivity index is 1.88. The molecule has 0 radical (unpaired) electrons. The molecule has 0 bridgehead atoms. The maximum Gasteiger partial charge on any atom is 0.338 e. The highest BCUT2D eigenvalue weighted by Gasteiger charge is 2.32. The minimum Gasteiger partial charge on any atom is -0.480 e. The van der Waals surface area contributed by atoms with Crippen molar-refractivity contribution < 1.29 is 37.1 Å². The average molecular weight is 484 g/mol. The second kappa shape index (κ2) is 10.1. The fourth-order valence-electron chi connectivity index (χ4n) is 3.40. The lowest BCUT2D eigenvalue weighted by molar-refractivity contribution is -0.386. The van der Waals surface area contributed by atoms with Crippen molar-refractivity contribution in [2.45, 2.75) is 24.8 Å². The van der Waals surface area contributed by atoms with Gasteiger partial charge >= 0.3 is 17.7 Å². The molecule has 2 N–H and O–H groups in total. The summed E-state index contributed by atoms with van der Waals surface area (Å²) >= 11 is 0. The SMILES string of the molecule is CCOC(=O)C1=C(COc2ccc(S(=O)(=O)N3CCOCC3)cc2[N+](=O)[O-])NC(=O)NC1C. The molecule has 0 spiro atoms. The highest BCUT2D eigenvalue weighted by molar-refractivity contribution is 7.89. The normalized spacial score (nSPS) is 19.5. The molecule has 1 saturated heterocycles. The smallest absolute Gasteiger partial charge is 0.338 e. The number of esters is 1. The monoisotopic (exact) mass is 484 g/mol. The van der Waals surface area contributed by atoms with Gasteiger partial charge in [0.1, 0.15) is 6.61 Å². The lowest BCUT2D eigenvalue weighted by Crippen LogP contribution is -2.50. The zero-order chi connectivity index (χ0) is 24.2. The van der Waals surface area contributed by atoms with Gasteiger partial charge in [-0.3, -0.25) is 10.1 Å². The summed E-state index contributed by atoms with van der Waals surface area (Å²) < 4.78 is 42.5. The Hall–Kier alpha value is -3.23. The Kier molecular flexibility index (Phi) is 7.50. The van der Waals surface area contributed by atoms with E-state index in [4.69, 9.17) is 14.2 Å². The van der Waals surface area contributed by atoms with Crippen LogP contribution in [0.5, 0.6) is 5.75 Å². The highest BCUT2D eigenvalue weighted by Crippen LogP contribution is 2.31. The van der Waals surface area contributed by atoms with E-state index in [1.165, 1.54) is 16.4 Å². The van der Waals surface area contributed by atoms with Gasteiger partial charge in [-0.2, -0.15) is 4.31 Å². The van der Waals surface area contributed by atoms with E-state index >= 15 is 0 Å². The standard InChI is InChI=1S/C19H24N4O9S/c1-3-31-18(24)17-12(2)20-19(25)21-14(17)11-32-16-5-4-13(10-15(16)23(26)27)33(28,29)22-6-8-30-9-7-22/h4-5,10,12H,3,6-9,11H2,1-2H3,(H2,20,21,25). The van der Waals surface area contributed by atoms with Gasteiger partial charge in [0.2, 0.25) is 10.0 Å². The molecule has 14 heteroatoms. The van der Waals surface area contributed by atoms with Crippen LogP contribution < -0.4 is 15.4 Å². The molecule has 2 aliphatic heterocycles. The summed E-state index contributed by atoms with van der Waals surface area (Å²) in [7, 11) is -3.95. The molecule has 2 aliphatic rings. The fraction of sp³-hybridized carbons (Fsp3) is 0.474. The van der Waals surface area contributed by atoms with Crippen LogP contribution in [-0.2, 0) is 24.3 Å². The number of ether oxygens (including phenoxy) is 3. The van der Waals surface area contributed by atoms with Gasteiger partial charge in [0.15, 0.2) is 5.75 Å². The number of amides is 2. The lowest BCUT2D eigenvalue weighted by Gasteiger charge is -2.27. The molecule has 0 aromatic heterocycles. The third kappa shape index (κ3) is 5.40. The summed E-state index contributed by atoms with van der Waals surface area (Å²) in [5.74, 6) is -0.894. The molecule has 1 aromatic carbocycles. The molecule has 0 aliphatic carbocycles. The van der Waals surface area contributed by atoms with E-state index in [1.807, 2.05) is 0 Å². The maximum atomic E-state index is 12.8. The van der Waals surface area contributed by atoms with Crippen molar-refractivity contribution in [1.82, 2.24) is 14.9 Å². The summed E-state index contributed by atoms with van der Waals surface area (Å²) in [5, 5.41) is 16.6. The number of morpholine rings is 1. The van der Waals surface area contributed by atoms with Gasteiger partial charge in [0.25, 0.3) is 0 Å². The number of nitrogens with one attached hydrogen (secondary N) is 2. The van der Waals surface area contributed by atoms with Gasteiger partial charge in [-0.1, -0.05) is 0 Å². The van der Waals surface area contributed by atoms with Gasteiger partial charge in [0.05, 0.1) is 47.0 Å². The average Bonchev–Trinajstić information content (AvgIpc) is 2.77. The number of nitrogens with zero attached hydrogens (tertiary/aromatic N) is 2. The predicted octanol–water partition coefficient (Wildman–Crippen LogP) is 0.513. The third-order valence-corrected chi connectivity index (χ3v) is 6.87. The molecule has 2 amide bonds. The zero-order valence-corrected chi connectivity index (χ0v) is 18.8. The number of nitro groups is 1. The zero-order valence-electron chi connectivity index (χ0n) is 18.0. The number of nitro benzene ring substituents is 1. The van der Waals surface area contributed by atoms with E-state index in [-0.39, 0.29) is 61.4 Å². The topological polar surface area (TPSA) is 166 Å². The van der Waals surface area contributed by atoms with Crippen molar-refractivity contribution in [3.05, 3.63) is 39.6 Å². The van der Waals surface area contributed by atoms with Crippen LogP contribution in [0.25, 0.3) is 0 Å². The van der Waals surface area contributed by atoms with Crippen LogP contribution in [0.4, 0.5) is 10.5 Å². The quantitative estimate of drug-likeness (QED) is 0.304. The summed E-state index contributed by atoms with van der Waals surface area (Å²) in [6.07, 6.45) is 0. The van der Waals surface area contributed by atoms with Crippen molar-refractivity contribution in [2.75, 3.05) is 39.5 Å². The van der Waals surface area contributed by atoms with E-state index in [9.17, 15) is 28.1 Å². The summed E-state index contributed by atoms with van der Waals surface area (Å²) in [4.78, 5) is 34.8. The Morgan fingerprint density at radius 1 is 1.33 bits per heavy atom. The van der Waals surface area contributed by atoms with Crippen molar-refractivity contribution in [2.24, 2.45) is 0 Å². The summed E-state index contributed by atoms with van der Waals surface area (Å²) in [6, 6.07) is 2.05. The minimum atomic E-state index is -3.95. The van der Waals surface area contributed by atoms with Gasteiger partial charge in [-0.15, -0.1) is 0 Å². The van der Waals surface area contributed by atoms with Crippen LogP contribution >= 0.6 is 0 Å². The summed E-state index contributed by atoms with van der Waals surface area (Å²) in [6.45, 7) is 3.70. The first-order chi connectivity index (χ1) is 15.6. The number of benzene rings is 1. The van der Waals surface area contributed by atoms with Crippen molar-refractivity contribution in [3.8, 4) is 5.75 Å². The number of urea groups is 1. The molecule has 1 atom stereocenters. The first-order valence-electron chi connectivity index (χ1n) is 10.1. The molecule has 13 nitrogen and oxygen atoms in total. The Morgan fingerprint density at radius 3 is 2.67 bits per heavy atom. The molecule has 3 rings (SSSR count). The molecule has 1 fully saturated rings. The Morgan fingerprint density at radius 2 is 2.03 bits per heavy atom. The molecule has 180 valence electrons. The van der Waals surface area contributed by atoms with E-state index in [2.05, 4.69) is 10.6 Å². The molecule has 1 aromatic rings. The fourth-order valence-corrected chi connectivity index (χ4v) is 4.83. The first-order valence-corrected chi connectivity index (χ1v) is 11.6. The predicted molar refractivity (Wildman–Crippen MR) is 113 cm³/mol. The second-order valence-electron chi connectivity index (χ2n) is 7.12. The summed E-state index contributed by atoms with van der Waals surface area (Å²) in [5.41, 5.74) is -0.370. The van der Waals surface area contributed by atoms with E-state index in [0.717, 1.165) is 6.07 Å². The molecule has 2 heterocycles. The van der Waals surface area contributed by atoms with Gasteiger partial charge in [-0.25, -0.2) is 18.0 Å². The van der Waals surface area contributed by atoms with Crippen LogP contribution in [0.15, 0.2) is 34.4 Å². The highest BCUT2D eigenvalue weighted by atomic mass is 32.2. The van der Waals surface area contributed by atoms with E-state index < -0.39 is 38.7 Å². The van der Waals surface area contributed by atoms with Crippen LogP contribution in [0.2, 0.25) is 0 Å². The second-order valence-corrected chi connectivity index (χ2v) is 9.06. The van der Waals surface area contributed by atoms with Crippen molar-refractivity contribution in [3.63, 3.8) is 0 Å². The Labute approximate surface area is 189 Å². The number of carbonyl (C=O) groups excluding carboxylic acids is 2. The molecule has 0 saturated carbocycles. The van der Waals surface area contributed by atoms with Crippen LogP contribution in [0.3, 0.4) is 0 Å². The first kappa shape index (κ1) is 24.4. The largest absolute Gasteiger partial charge is 0.480 e. The van der Waals surface area contributed by atoms with Crippen molar-refractivity contribution in [1.29, 1.82) is 0 Å². The maximum absolute atomic E-state index is 12.8. The van der Waals surface area contributed by atoms with E-state index in [0.29, 0.717) is 0 Å². The van der Waals surface area contributed by atoms with Crippen LogP contribution in [0, 0.1) is 10.1 Å². The number of hydrogen-bond acceptors (Lipinski definition) is 9. The molecule has 33 heavy (non-hydrogen) atoms. The van der Waals surface area contributed by atoms with Gasteiger partial charge in [-0.05, 0) is 26.0 Å². The molecule has 1 unspecified atom stereocenters.